The molecule has 0 N–H and O–H groups in total. The molecule has 0 saturated heterocycles. The van der Waals surface area contributed by atoms with Gasteiger partial charge in [0.1, 0.15) is 0 Å². The number of rotatable bonds is 4. The van der Waals surface area contributed by atoms with Gasteiger partial charge >= 0.3 is 0 Å². The topological polar surface area (TPSA) is 35.0 Å². The zero-order valence-corrected chi connectivity index (χ0v) is 10.7. The van der Waals surface area contributed by atoms with Crippen molar-refractivity contribution in [2.45, 2.75) is 32.8 Å². The van der Waals surface area contributed by atoms with Crippen LogP contribution in [0.3, 0.4) is 0 Å². The van der Waals surface area contributed by atoms with E-state index in [9.17, 15) is 0 Å². The maximum atomic E-state index is 5.88. The van der Waals surface area contributed by atoms with Crippen LogP contribution >= 0.6 is 11.6 Å². The van der Waals surface area contributed by atoms with Crippen LogP contribution < -0.4 is 4.74 Å². The summed E-state index contributed by atoms with van der Waals surface area (Å²) in [5, 5.41) is 1.13. The fourth-order valence-corrected chi connectivity index (χ4v) is 1.93. The Balaban J connectivity index is 2.38. The van der Waals surface area contributed by atoms with E-state index in [1.165, 1.54) is 0 Å². The molecule has 0 amide bonds. The number of hydrogen-bond acceptors (Lipinski definition) is 3. The lowest BCUT2D eigenvalue weighted by Crippen LogP contribution is -2.12. The van der Waals surface area contributed by atoms with Crippen molar-refractivity contribution in [3.8, 4) is 5.88 Å². The molecule has 17 heavy (non-hydrogen) atoms. The molecule has 1 aromatic heterocycles. The monoisotopic (exact) mass is 250 g/mol. The molecule has 0 aliphatic rings. The van der Waals surface area contributed by atoms with E-state index in [0.29, 0.717) is 5.88 Å². The SMILES string of the molecule is CCCC(C)Oc1nc(Cl)nc2ccccc12. The van der Waals surface area contributed by atoms with Crippen molar-refractivity contribution in [3.63, 3.8) is 0 Å². The molecule has 0 spiro atoms. The van der Waals surface area contributed by atoms with E-state index in [2.05, 4.69) is 16.9 Å². The Labute approximate surface area is 106 Å². The van der Waals surface area contributed by atoms with E-state index in [-0.39, 0.29) is 11.4 Å². The molecule has 2 rings (SSSR count). The minimum atomic E-state index is 0.134. The number of nitrogens with zero attached hydrogens (tertiary/aromatic N) is 2. The Morgan fingerprint density at radius 3 is 2.82 bits per heavy atom. The zero-order chi connectivity index (χ0) is 12.3. The molecule has 1 heterocycles. The number of fused-ring (bicyclic) bond motifs is 1. The van der Waals surface area contributed by atoms with Crippen LogP contribution in [-0.4, -0.2) is 16.1 Å². The number of benzene rings is 1. The molecule has 1 atom stereocenters. The van der Waals surface area contributed by atoms with Gasteiger partial charge < -0.3 is 4.74 Å². The lowest BCUT2D eigenvalue weighted by Gasteiger charge is -2.14. The van der Waals surface area contributed by atoms with E-state index in [1.54, 1.807) is 0 Å². The van der Waals surface area contributed by atoms with Gasteiger partial charge in [-0.15, -0.1) is 0 Å². The molecule has 4 heteroatoms. The molecule has 1 unspecified atom stereocenters. The van der Waals surface area contributed by atoms with Crippen molar-refractivity contribution < 1.29 is 4.74 Å². The highest BCUT2D eigenvalue weighted by atomic mass is 35.5. The minimum Gasteiger partial charge on any atom is -0.474 e. The Bertz CT molecular complexity index is 516. The van der Waals surface area contributed by atoms with E-state index >= 15 is 0 Å². The maximum Gasteiger partial charge on any atom is 0.226 e. The van der Waals surface area contributed by atoms with Crippen LogP contribution in [0.5, 0.6) is 5.88 Å². The lowest BCUT2D eigenvalue weighted by atomic mass is 10.2. The average Bonchev–Trinajstić information content (AvgIpc) is 2.29. The first-order chi connectivity index (χ1) is 8.20. The molecule has 0 radical (unpaired) electrons. The average molecular weight is 251 g/mol. The van der Waals surface area contributed by atoms with Crippen LogP contribution in [0.2, 0.25) is 5.28 Å². The van der Waals surface area contributed by atoms with Crippen LogP contribution in [0.4, 0.5) is 0 Å². The highest BCUT2D eigenvalue weighted by Gasteiger charge is 2.10. The summed E-state index contributed by atoms with van der Waals surface area (Å²) >= 11 is 5.88. The molecule has 3 nitrogen and oxygen atoms in total. The van der Waals surface area contributed by atoms with Crippen molar-refractivity contribution in [1.29, 1.82) is 0 Å². The van der Waals surface area contributed by atoms with Gasteiger partial charge in [0.25, 0.3) is 0 Å². The van der Waals surface area contributed by atoms with Gasteiger partial charge in [0, 0.05) is 0 Å². The van der Waals surface area contributed by atoms with Gasteiger partial charge in [-0.2, -0.15) is 4.98 Å². The zero-order valence-electron chi connectivity index (χ0n) is 9.98. The standard InChI is InChI=1S/C13H15ClN2O/c1-3-6-9(2)17-12-10-7-4-5-8-11(10)15-13(14)16-12/h4-5,7-9H,3,6H2,1-2H3. The fraction of sp³-hybridized carbons (Fsp3) is 0.385. The van der Waals surface area contributed by atoms with Crippen LogP contribution in [0, 0.1) is 0 Å². The van der Waals surface area contributed by atoms with Crippen molar-refractivity contribution in [2.24, 2.45) is 0 Å². The summed E-state index contributed by atoms with van der Waals surface area (Å²) in [7, 11) is 0. The first-order valence-electron chi connectivity index (χ1n) is 5.79. The third-order valence-corrected chi connectivity index (χ3v) is 2.72. The van der Waals surface area contributed by atoms with Crippen molar-refractivity contribution in [1.82, 2.24) is 9.97 Å². The van der Waals surface area contributed by atoms with Crippen molar-refractivity contribution in [3.05, 3.63) is 29.5 Å². The number of hydrogen-bond donors (Lipinski definition) is 0. The number of para-hydroxylation sites is 1. The second-order valence-electron chi connectivity index (χ2n) is 4.03. The summed E-state index contributed by atoms with van der Waals surface area (Å²) in [6.45, 7) is 4.17. The van der Waals surface area contributed by atoms with Gasteiger partial charge in [0.2, 0.25) is 11.2 Å². The molecule has 0 saturated carbocycles. The second kappa shape index (κ2) is 5.32. The van der Waals surface area contributed by atoms with Gasteiger partial charge in [0.15, 0.2) is 0 Å². The van der Waals surface area contributed by atoms with Gasteiger partial charge in [-0.05, 0) is 37.1 Å². The molecule has 0 bridgehead atoms. The summed E-state index contributed by atoms with van der Waals surface area (Å²) in [4.78, 5) is 8.32. The number of aromatic nitrogens is 2. The first kappa shape index (κ1) is 12.1. The van der Waals surface area contributed by atoms with Crippen LogP contribution in [0.15, 0.2) is 24.3 Å². The second-order valence-corrected chi connectivity index (χ2v) is 4.37. The minimum absolute atomic E-state index is 0.134. The van der Waals surface area contributed by atoms with Gasteiger partial charge in [-0.3, -0.25) is 0 Å². The Kier molecular flexibility index (Phi) is 3.79. The van der Waals surface area contributed by atoms with Crippen LogP contribution in [0.25, 0.3) is 10.9 Å². The predicted molar refractivity (Wildman–Crippen MR) is 69.5 cm³/mol. The molecular weight excluding hydrogens is 236 g/mol. The number of halogens is 1. The molecule has 0 aliphatic carbocycles. The fourth-order valence-electron chi connectivity index (χ4n) is 1.77. The summed E-state index contributed by atoms with van der Waals surface area (Å²) in [6, 6.07) is 7.71. The van der Waals surface area contributed by atoms with E-state index < -0.39 is 0 Å². The van der Waals surface area contributed by atoms with E-state index in [4.69, 9.17) is 16.3 Å². The highest BCUT2D eigenvalue weighted by Crippen LogP contribution is 2.25. The Hall–Kier alpha value is -1.35. The van der Waals surface area contributed by atoms with Crippen molar-refractivity contribution in [2.75, 3.05) is 0 Å². The summed E-state index contributed by atoms with van der Waals surface area (Å²) in [6.07, 6.45) is 2.21. The quantitative estimate of drug-likeness (QED) is 0.773. The number of ether oxygens (including phenoxy) is 1. The Morgan fingerprint density at radius 2 is 2.06 bits per heavy atom. The molecule has 90 valence electrons. The van der Waals surface area contributed by atoms with Crippen LogP contribution in [-0.2, 0) is 0 Å². The lowest BCUT2D eigenvalue weighted by molar-refractivity contribution is 0.204. The molecule has 0 aliphatic heterocycles. The maximum absolute atomic E-state index is 5.88. The largest absolute Gasteiger partial charge is 0.474 e. The first-order valence-corrected chi connectivity index (χ1v) is 6.17. The van der Waals surface area contributed by atoms with Gasteiger partial charge in [-0.25, -0.2) is 4.98 Å². The normalized spacial score (nSPS) is 12.6. The van der Waals surface area contributed by atoms with E-state index in [1.807, 2.05) is 31.2 Å². The van der Waals surface area contributed by atoms with Gasteiger partial charge in [-0.1, -0.05) is 25.5 Å². The van der Waals surface area contributed by atoms with Crippen molar-refractivity contribution >= 4 is 22.5 Å². The van der Waals surface area contributed by atoms with Crippen LogP contribution in [0.1, 0.15) is 26.7 Å². The Morgan fingerprint density at radius 1 is 1.29 bits per heavy atom. The highest BCUT2D eigenvalue weighted by molar-refractivity contribution is 6.28. The third-order valence-electron chi connectivity index (χ3n) is 2.55. The predicted octanol–water partition coefficient (Wildman–Crippen LogP) is 3.85. The summed E-state index contributed by atoms with van der Waals surface area (Å²) in [5.41, 5.74) is 0.811. The van der Waals surface area contributed by atoms with E-state index in [0.717, 1.165) is 23.7 Å². The molecule has 1 aromatic carbocycles. The third kappa shape index (κ3) is 2.86. The molecule has 0 fully saturated rings. The summed E-state index contributed by atoms with van der Waals surface area (Å²) < 4.78 is 5.81. The molecular formula is C13H15ClN2O. The van der Waals surface area contributed by atoms with Gasteiger partial charge in [0.05, 0.1) is 17.0 Å². The molecule has 2 aromatic rings. The summed E-state index contributed by atoms with van der Waals surface area (Å²) in [5.74, 6) is 0.571. The smallest absolute Gasteiger partial charge is 0.226 e.